The minimum Gasteiger partial charge on any atom is -0.466 e. The van der Waals surface area contributed by atoms with Gasteiger partial charge in [0.1, 0.15) is 0 Å². The number of nitrogens with one attached hydrogen (secondary N) is 1. The summed E-state index contributed by atoms with van der Waals surface area (Å²) >= 11 is 0. The molecule has 0 aliphatic carbocycles. The Hall–Kier alpha value is -2.36. The fraction of sp³-hybridized carbons (Fsp3) is 0.200. The summed E-state index contributed by atoms with van der Waals surface area (Å²) in [5.41, 5.74) is 2.22. The number of ether oxygens (including phenoxy) is 1. The fourth-order valence-electron chi connectivity index (χ4n) is 1.85. The highest BCUT2D eigenvalue weighted by Crippen LogP contribution is 2.15. The van der Waals surface area contributed by atoms with Gasteiger partial charge in [0.25, 0.3) is 0 Å². The molecule has 0 unspecified atom stereocenters. The number of rotatable bonds is 5. The predicted octanol–water partition coefficient (Wildman–Crippen LogP) is 2.05. The Morgan fingerprint density at radius 3 is 3.05 bits per heavy atom. The molecular formula is C15H16N2O2. The number of aromatic nitrogens is 1. The molecule has 2 rings (SSSR count). The summed E-state index contributed by atoms with van der Waals surface area (Å²) in [5.74, 6) is -0.362. The predicted molar refractivity (Wildman–Crippen MR) is 74.6 cm³/mol. The lowest BCUT2D eigenvalue weighted by Gasteiger charge is -2.05. The SMILES string of the molecule is COC(=O)/C=C/NCCc1cccc2cccnc12. The number of carbonyl (C=O) groups is 1. The number of para-hydroxylation sites is 1. The molecule has 1 aromatic heterocycles. The van der Waals surface area contributed by atoms with Crippen LogP contribution in [0.5, 0.6) is 0 Å². The zero-order valence-corrected chi connectivity index (χ0v) is 10.8. The van der Waals surface area contributed by atoms with E-state index < -0.39 is 0 Å². The summed E-state index contributed by atoms with van der Waals surface area (Å²) in [7, 11) is 1.36. The molecular weight excluding hydrogens is 240 g/mol. The number of pyridine rings is 1. The first kappa shape index (κ1) is 13.1. The number of methoxy groups -OCH3 is 1. The number of hydrogen-bond donors (Lipinski definition) is 1. The van der Waals surface area contributed by atoms with E-state index in [1.807, 2.05) is 12.1 Å². The van der Waals surface area contributed by atoms with Crippen molar-refractivity contribution in [1.29, 1.82) is 0 Å². The maximum atomic E-state index is 10.9. The normalized spacial score (nSPS) is 10.8. The highest BCUT2D eigenvalue weighted by Gasteiger charge is 2.00. The van der Waals surface area contributed by atoms with E-state index >= 15 is 0 Å². The Kier molecular flexibility index (Phi) is 4.50. The van der Waals surface area contributed by atoms with E-state index in [0.29, 0.717) is 0 Å². The monoisotopic (exact) mass is 256 g/mol. The molecule has 4 nitrogen and oxygen atoms in total. The lowest BCUT2D eigenvalue weighted by atomic mass is 10.1. The smallest absolute Gasteiger partial charge is 0.331 e. The molecule has 0 amide bonds. The molecule has 2 aromatic rings. The zero-order valence-electron chi connectivity index (χ0n) is 10.8. The van der Waals surface area contributed by atoms with Crippen molar-refractivity contribution in [1.82, 2.24) is 10.3 Å². The lowest BCUT2D eigenvalue weighted by molar-refractivity contribution is -0.134. The third kappa shape index (κ3) is 3.55. The van der Waals surface area contributed by atoms with Crippen LogP contribution in [0.1, 0.15) is 5.56 Å². The summed E-state index contributed by atoms with van der Waals surface area (Å²) in [5, 5.41) is 4.20. The maximum Gasteiger partial charge on any atom is 0.331 e. The summed E-state index contributed by atoms with van der Waals surface area (Å²) in [6, 6.07) is 10.1. The van der Waals surface area contributed by atoms with Crippen molar-refractivity contribution in [2.45, 2.75) is 6.42 Å². The summed E-state index contributed by atoms with van der Waals surface area (Å²) < 4.78 is 4.50. The minimum atomic E-state index is -0.362. The molecule has 1 N–H and O–H groups in total. The first-order chi connectivity index (χ1) is 9.31. The van der Waals surface area contributed by atoms with Crippen molar-refractivity contribution in [2.75, 3.05) is 13.7 Å². The average molecular weight is 256 g/mol. The van der Waals surface area contributed by atoms with Gasteiger partial charge in [0, 0.05) is 30.4 Å². The molecule has 0 bridgehead atoms. The summed E-state index contributed by atoms with van der Waals surface area (Å²) in [6.07, 6.45) is 5.61. The summed E-state index contributed by atoms with van der Waals surface area (Å²) in [4.78, 5) is 15.3. The number of hydrogen-bond acceptors (Lipinski definition) is 4. The fourth-order valence-corrected chi connectivity index (χ4v) is 1.85. The molecule has 0 radical (unpaired) electrons. The highest BCUT2D eigenvalue weighted by atomic mass is 16.5. The molecule has 0 saturated carbocycles. The van der Waals surface area contributed by atoms with E-state index in [9.17, 15) is 4.79 Å². The van der Waals surface area contributed by atoms with Gasteiger partial charge in [0.05, 0.1) is 12.6 Å². The van der Waals surface area contributed by atoms with Gasteiger partial charge in [0.15, 0.2) is 0 Å². The largest absolute Gasteiger partial charge is 0.466 e. The molecule has 1 heterocycles. The van der Waals surface area contributed by atoms with Crippen LogP contribution in [0, 0.1) is 0 Å². The second kappa shape index (κ2) is 6.54. The van der Waals surface area contributed by atoms with Crippen LogP contribution in [0.15, 0.2) is 48.8 Å². The van der Waals surface area contributed by atoms with Crippen molar-refractivity contribution < 1.29 is 9.53 Å². The Morgan fingerprint density at radius 1 is 1.37 bits per heavy atom. The molecule has 0 spiro atoms. The van der Waals surface area contributed by atoms with Gasteiger partial charge in [0.2, 0.25) is 0 Å². The van der Waals surface area contributed by atoms with E-state index in [1.165, 1.54) is 18.7 Å². The molecule has 1 aromatic carbocycles. The molecule has 0 fully saturated rings. The number of benzene rings is 1. The van der Waals surface area contributed by atoms with Gasteiger partial charge in [-0.2, -0.15) is 0 Å². The van der Waals surface area contributed by atoms with Crippen LogP contribution in [-0.2, 0) is 16.0 Å². The topological polar surface area (TPSA) is 51.2 Å². The van der Waals surface area contributed by atoms with Crippen LogP contribution in [0.3, 0.4) is 0 Å². The second-order valence-electron chi connectivity index (χ2n) is 4.05. The molecule has 0 aliphatic heterocycles. The first-order valence-electron chi connectivity index (χ1n) is 6.12. The second-order valence-corrected chi connectivity index (χ2v) is 4.05. The Morgan fingerprint density at radius 2 is 2.21 bits per heavy atom. The molecule has 0 aliphatic rings. The van der Waals surface area contributed by atoms with Crippen molar-refractivity contribution >= 4 is 16.9 Å². The molecule has 4 heteroatoms. The van der Waals surface area contributed by atoms with Gasteiger partial charge in [-0.15, -0.1) is 0 Å². The van der Waals surface area contributed by atoms with E-state index in [0.717, 1.165) is 23.9 Å². The minimum absolute atomic E-state index is 0.362. The third-order valence-electron chi connectivity index (χ3n) is 2.79. The first-order valence-corrected chi connectivity index (χ1v) is 6.12. The Bertz CT molecular complexity index is 588. The van der Waals surface area contributed by atoms with Crippen LogP contribution < -0.4 is 5.32 Å². The maximum absolute atomic E-state index is 10.9. The number of nitrogens with zero attached hydrogens (tertiary/aromatic N) is 1. The van der Waals surface area contributed by atoms with Crippen molar-refractivity contribution in [3.8, 4) is 0 Å². The molecule has 0 saturated heterocycles. The quantitative estimate of drug-likeness (QED) is 0.505. The average Bonchev–Trinajstić information content (AvgIpc) is 2.46. The van der Waals surface area contributed by atoms with Gasteiger partial charge in [-0.05, 0) is 18.1 Å². The molecule has 19 heavy (non-hydrogen) atoms. The van der Waals surface area contributed by atoms with E-state index in [4.69, 9.17) is 0 Å². The van der Waals surface area contributed by atoms with Gasteiger partial charge >= 0.3 is 5.97 Å². The van der Waals surface area contributed by atoms with E-state index in [1.54, 1.807) is 12.4 Å². The van der Waals surface area contributed by atoms with Crippen LogP contribution in [0.4, 0.5) is 0 Å². The van der Waals surface area contributed by atoms with Crippen molar-refractivity contribution in [3.63, 3.8) is 0 Å². The zero-order chi connectivity index (χ0) is 13.5. The molecule has 0 atom stereocenters. The number of fused-ring (bicyclic) bond motifs is 1. The van der Waals surface area contributed by atoms with Gasteiger partial charge < -0.3 is 10.1 Å². The Balaban J connectivity index is 1.95. The van der Waals surface area contributed by atoms with Crippen LogP contribution in [0.2, 0.25) is 0 Å². The van der Waals surface area contributed by atoms with Crippen LogP contribution in [0.25, 0.3) is 10.9 Å². The standard InChI is InChI=1S/C15H16N2O2/c1-19-14(18)8-11-16-10-7-13-5-2-4-12-6-3-9-17-15(12)13/h2-6,8-9,11,16H,7,10H2,1H3/b11-8+. The highest BCUT2D eigenvalue weighted by molar-refractivity contribution is 5.82. The van der Waals surface area contributed by atoms with Crippen molar-refractivity contribution in [3.05, 3.63) is 54.4 Å². The number of carbonyl (C=O) groups excluding carboxylic acids is 1. The van der Waals surface area contributed by atoms with Crippen LogP contribution >= 0.6 is 0 Å². The lowest BCUT2D eigenvalue weighted by Crippen LogP contribution is -2.11. The summed E-state index contributed by atoms with van der Waals surface area (Å²) in [6.45, 7) is 0.739. The third-order valence-corrected chi connectivity index (χ3v) is 2.79. The Labute approximate surface area is 112 Å². The van der Waals surface area contributed by atoms with E-state index in [-0.39, 0.29) is 5.97 Å². The van der Waals surface area contributed by atoms with Crippen molar-refractivity contribution in [2.24, 2.45) is 0 Å². The molecule has 98 valence electrons. The van der Waals surface area contributed by atoms with Gasteiger partial charge in [-0.1, -0.05) is 24.3 Å². The van der Waals surface area contributed by atoms with Gasteiger partial charge in [-0.25, -0.2) is 4.79 Å². The van der Waals surface area contributed by atoms with E-state index in [2.05, 4.69) is 33.2 Å². The number of esters is 1. The van der Waals surface area contributed by atoms with Crippen LogP contribution in [-0.4, -0.2) is 24.6 Å². The van der Waals surface area contributed by atoms with Gasteiger partial charge in [-0.3, -0.25) is 4.98 Å².